The van der Waals surface area contributed by atoms with Gasteiger partial charge in [-0.25, -0.2) is 4.98 Å². The summed E-state index contributed by atoms with van der Waals surface area (Å²) >= 11 is 0. The number of ketones is 1. The molecule has 0 spiro atoms. The van der Waals surface area contributed by atoms with Crippen LogP contribution < -0.4 is 5.73 Å². The fraction of sp³-hybridized carbons (Fsp3) is 0.321. The van der Waals surface area contributed by atoms with Crippen LogP contribution in [0.1, 0.15) is 55.6 Å². The van der Waals surface area contributed by atoms with Crippen molar-refractivity contribution in [2.45, 2.75) is 51.7 Å². The molecule has 4 aromatic rings. The number of fused-ring (bicyclic) bond motifs is 1. The molecule has 9 heteroatoms. The summed E-state index contributed by atoms with van der Waals surface area (Å²) in [6, 6.07) is 13.8. The summed E-state index contributed by atoms with van der Waals surface area (Å²) in [5.74, 6) is -0.281. The molecule has 0 saturated carbocycles. The van der Waals surface area contributed by atoms with Gasteiger partial charge in [-0.15, -0.1) is 0 Å². The molecule has 3 aromatic heterocycles. The third kappa shape index (κ3) is 4.46. The van der Waals surface area contributed by atoms with E-state index in [9.17, 15) is 14.7 Å². The van der Waals surface area contributed by atoms with Crippen molar-refractivity contribution in [2.24, 2.45) is 0 Å². The number of carbonyl (C=O) groups is 2. The van der Waals surface area contributed by atoms with Crippen LogP contribution in [0.15, 0.2) is 54.9 Å². The van der Waals surface area contributed by atoms with E-state index in [1.54, 1.807) is 17.3 Å². The predicted molar refractivity (Wildman–Crippen MR) is 141 cm³/mol. The molecular weight excluding hydrogens is 468 g/mol. The van der Waals surface area contributed by atoms with E-state index in [0.717, 1.165) is 22.4 Å². The summed E-state index contributed by atoms with van der Waals surface area (Å²) in [5, 5.41) is 14.2. The Labute approximate surface area is 215 Å². The van der Waals surface area contributed by atoms with Crippen molar-refractivity contribution >= 4 is 23.2 Å². The van der Waals surface area contributed by atoms with Crippen molar-refractivity contribution in [1.29, 1.82) is 0 Å². The molecule has 0 aliphatic carbocycles. The Balaban J connectivity index is 1.54. The van der Waals surface area contributed by atoms with Gasteiger partial charge in [-0.2, -0.15) is 9.61 Å². The molecule has 9 nitrogen and oxygen atoms in total. The minimum absolute atomic E-state index is 0.0689. The van der Waals surface area contributed by atoms with Crippen molar-refractivity contribution in [3.05, 3.63) is 66.1 Å². The lowest BCUT2D eigenvalue weighted by Crippen LogP contribution is -2.47. The van der Waals surface area contributed by atoms with Crippen LogP contribution in [0.5, 0.6) is 0 Å². The molecular formula is C28H30N6O3. The van der Waals surface area contributed by atoms with Crippen LogP contribution >= 0.6 is 0 Å². The fourth-order valence-electron chi connectivity index (χ4n) is 5.21. The number of nitrogen functional groups attached to an aromatic ring is 1. The zero-order valence-corrected chi connectivity index (χ0v) is 21.1. The number of rotatable bonds is 5. The highest BCUT2D eigenvalue weighted by Gasteiger charge is 2.34. The summed E-state index contributed by atoms with van der Waals surface area (Å²) in [5.41, 5.74) is 11.5. The Kier molecular flexibility index (Phi) is 6.47. The normalized spacial score (nSPS) is 18.6. The van der Waals surface area contributed by atoms with Gasteiger partial charge in [0.25, 0.3) is 5.91 Å². The Hall–Kier alpha value is -4.11. The Morgan fingerprint density at radius 2 is 1.86 bits per heavy atom. The van der Waals surface area contributed by atoms with E-state index >= 15 is 0 Å². The number of aliphatic hydroxyl groups is 1. The minimum Gasteiger partial charge on any atom is -0.384 e. The zero-order valence-electron chi connectivity index (χ0n) is 21.1. The number of nitrogens with two attached hydrogens (primary N) is 1. The average Bonchev–Trinajstić information content (AvgIpc) is 3.33. The highest BCUT2D eigenvalue weighted by molar-refractivity contribution is 6.00. The molecule has 37 heavy (non-hydrogen) atoms. The van der Waals surface area contributed by atoms with E-state index in [1.165, 1.54) is 18.4 Å². The number of Topliss-reactive ketones (excluding diaryl/α,β-unsaturated/α-hetero) is 1. The monoisotopic (exact) mass is 498 g/mol. The molecule has 3 atom stereocenters. The first-order chi connectivity index (χ1) is 17.8. The van der Waals surface area contributed by atoms with Crippen LogP contribution in [0, 0.1) is 0 Å². The van der Waals surface area contributed by atoms with Gasteiger partial charge in [-0.3, -0.25) is 14.6 Å². The van der Waals surface area contributed by atoms with Crippen LogP contribution in [0.3, 0.4) is 0 Å². The zero-order chi connectivity index (χ0) is 26.3. The summed E-state index contributed by atoms with van der Waals surface area (Å²) in [6.45, 7) is 5.38. The summed E-state index contributed by atoms with van der Waals surface area (Å²) < 4.78 is 1.51. The summed E-state index contributed by atoms with van der Waals surface area (Å²) in [4.78, 5) is 36.4. The lowest BCUT2D eigenvalue weighted by molar-refractivity contribution is -0.142. The second-order valence-electron chi connectivity index (χ2n) is 9.68. The SMILES string of the molecule is CC(=O)c1c([C@@H]2CCN(C(=O)[C@H](C)O)[C@@H](C)C2)nc2c(-c3ccc(-c4ccccc4)nc3)cnn2c1N. The van der Waals surface area contributed by atoms with Crippen molar-refractivity contribution in [3.63, 3.8) is 0 Å². The van der Waals surface area contributed by atoms with Crippen molar-refractivity contribution < 1.29 is 14.7 Å². The van der Waals surface area contributed by atoms with Gasteiger partial charge in [0.05, 0.1) is 23.1 Å². The molecule has 1 aromatic carbocycles. The van der Waals surface area contributed by atoms with Crippen molar-refractivity contribution in [3.8, 4) is 22.4 Å². The topological polar surface area (TPSA) is 127 Å². The Morgan fingerprint density at radius 3 is 2.49 bits per heavy atom. The van der Waals surface area contributed by atoms with Crippen molar-refractivity contribution in [2.75, 3.05) is 12.3 Å². The number of anilines is 1. The molecule has 5 rings (SSSR count). The molecule has 1 fully saturated rings. The maximum Gasteiger partial charge on any atom is 0.251 e. The van der Waals surface area contributed by atoms with Gasteiger partial charge in [-0.05, 0) is 39.7 Å². The molecule has 3 N–H and O–H groups in total. The van der Waals surface area contributed by atoms with Gasteiger partial charge in [0, 0.05) is 41.4 Å². The highest BCUT2D eigenvalue weighted by atomic mass is 16.3. The predicted octanol–water partition coefficient (Wildman–Crippen LogP) is 3.72. The second kappa shape index (κ2) is 9.74. The maximum absolute atomic E-state index is 12.7. The molecule has 1 aliphatic rings. The lowest BCUT2D eigenvalue weighted by atomic mass is 9.85. The second-order valence-corrected chi connectivity index (χ2v) is 9.68. The summed E-state index contributed by atoms with van der Waals surface area (Å²) in [7, 11) is 0. The first kappa shape index (κ1) is 24.6. The molecule has 1 amide bonds. The number of piperidine rings is 1. The molecule has 4 heterocycles. The van der Waals surface area contributed by atoms with E-state index in [2.05, 4.69) is 10.1 Å². The third-order valence-corrected chi connectivity index (χ3v) is 7.11. The van der Waals surface area contributed by atoms with Gasteiger partial charge < -0.3 is 15.7 Å². The van der Waals surface area contributed by atoms with Gasteiger partial charge in [0.1, 0.15) is 11.9 Å². The van der Waals surface area contributed by atoms with Crippen LogP contribution in [0.25, 0.3) is 28.0 Å². The third-order valence-electron chi connectivity index (χ3n) is 7.11. The number of carbonyl (C=O) groups excluding carboxylic acids is 2. The number of aromatic nitrogens is 4. The van der Waals surface area contributed by atoms with Gasteiger partial charge in [0.15, 0.2) is 11.4 Å². The number of hydrogen-bond donors (Lipinski definition) is 2. The number of amides is 1. The number of aliphatic hydroxyl groups excluding tert-OH is 1. The maximum atomic E-state index is 12.7. The molecule has 0 bridgehead atoms. The Bertz CT molecular complexity index is 1460. The molecule has 0 radical (unpaired) electrons. The first-order valence-electron chi connectivity index (χ1n) is 12.4. The van der Waals surface area contributed by atoms with Crippen LogP contribution in [-0.2, 0) is 4.79 Å². The number of likely N-dealkylation sites (tertiary alicyclic amines) is 1. The van der Waals surface area contributed by atoms with Gasteiger partial charge in [0.2, 0.25) is 0 Å². The number of hydrogen-bond acceptors (Lipinski definition) is 7. The van der Waals surface area contributed by atoms with E-state index in [0.29, 0.717) is 36.3 Å². The van der Waals surface area contributed by atoms with Gasteiger partial charge >= 0.3 is 0 Å². The molecule has 0 unspecified atom stereocenters. The number of pyridine rings is 1. The van der Waals surface area contributed by atoms with Crippen molar-refractivity contribution in [1.82, 2.24) is 24.5 Å². The Morgan fingerprint density at radius 1 is 1.11 bits per heavy atom. The molecule has 1 saturated heterocycles. The van der Waals surface area contributed by atoms with Crippen LogP contribution in [0.4, 0.5) is 5.82 Å². The lowest BCUT2D eigenvalue weighted by Gasteiger charge is -2.38. The quantitative estimate of drug-likeness (QED) is 0.402. The van der Waals surface area contributed by atoms with Crippen LogP contribution in [-0.4, -0.2) is 60.0 Å². The van der Waals surface area contributed by atoms with Gasteiger partial charge in [-0.1, -0.05) is 36.4 Å². The largest absolute Gasteiger partial charge is 0.384 e. The molecule has 190 valence electrons. The highest BCUT2D eigenvalue weighted by Crippen LogP contribution is 2.36. The number of nitrogens with zero attached hydrogens (tertiary/aromatic N) is 5. The fourth-order valence-corrected chi connectivity index (χ4v) is 5.21. The standard InChI is InChI=1S/C28H30N6O3/c1-16-13-20(11-12-33(16)28(37)18(3)36)25-24(17(2)35)26(29)34-27(32-25)22(15-31-34)21-9-10-23(30-14-21)19-7-5-4-6-8-19/h4-10,14-16,18,20,36H,11-13,29H2,1-3H3/t16-,18-,20+/m0/s1. The van der Waals surface area contributed by atoms with E-state index in [4.69, 9.17) is 10.7 Å². The smallest absolute Gasteiger partial charge is 0.251 e. The average molecular weight is 499 g/mol. The minimum atomic E-state index is -1.05. The van der Waals surface area contributed by atoms with E-state index < -0.39 is 6.10 Å². The number of benzene rings is 1. The summed E-state index contributed by atoms with van der Waals surface area (Å²) in [6.07, 6.45) is 3.66. The molecule has 1 aliphatic heterocycles. The van der Waals surface area contributed by atoms with Crippen LogP contribution in [0.2, 0.25) is 0 Å². The van der Waals surface area contributed by atoms with E-state index in [1.807, 2.05) is 49.4 Å². The first-order valence-corrected chi connectivity index (χ1v) is 12.4. The van der Waals surface area contributed by atoms with E-state index in [-0.39, 0.29) is 29.5 Å².